The molecule has 0 radical (unpaired) electrons. The molecule has 0 amide bonds. The van der Waals surface area contributed by atoms with Gasteiger partial charge in [-0.25, -0.2) is 8.78 Å². The molecule has 0 atom stereocenters. The van der Waals surface area contributed by atoms with Crippen LogP contribution in [-0.4, -0.2) is 18.0 Å². The summed E-state index contributed by atoms with van der Waals surface area (Å²) in [6.45, 7) is 2.43. The molecule has 2 aromatic carbocycles. The van der Waals surface area contributed by atoms with E-state index in [4.69, 9.17) is 10.5 Å². The number of rotatable bonds is 8. The van der Waals surface area contributed by atoms with Crippen molar-refractivity contribution in [1.82, 2.24) is 0 Å². The van der Waals surface area contributed by atoms with Crippen molar-refractivity contribution in [2.24, 2.45) is 15.9 Å². The predicted octanol–water partition coefficient (Wildman–Crippen LogP) is 4.73. The number of unbranched alkanes of at least 4 members (excludes halogenated alkanes) is 1. The van der Waals surface area contributed by atoms with E-state index in [1.807, 2.05) is 37.3 Å². The third-order valence-corrected chi connectivity index (χ3v) is 4.25. The first-order valence-electron chi connectivity index (χ1n) is 8.25. The van der Waals surface area contributed by atoms with Gasteiger partial charge in [-0.3, -0.25) is 0 Å². The molecular weight excluding hydrogens is 356 g/mol. The molecule has 0 unspecified atom stereocenters. The van der Waals surface area contributed by atoms with Crippen molar-refractivity contribution >= 4 is 23.1 Å². The van der Waals surface area contributed by atoms with E-state index in [2.05, 4.69) is 10.2 Å². The van der Waals surface area contributed by atoms with Gasteiger partial charge in [-0.1, -0.05) is 55.4 Å². The summed E-state index contributed by atoms with van der Waals surface area (Å²) < 4.78 is 33.3. The lowest BCUT2D eigenvalue weighted by molar-refractivity contribution is 0.306. The number of thioether (sulfide) groups is 1. The highest BCUT2D eigenvalue weighted by Gasteiger charge is 2.10. The SMILES string of the molecule is CCCCOc1cc(F)c(C=NN=C(N)SCc2ccccc2)c(F)c1. The Morgan fingerprint density at radius 3 is 2.54 bits per heavy atom. The molecule has 26 heavy (non-hydrogen) atoms. The van der Waals surface area contributed by atoms with Crippen LogP contribution >= 0.6 is 11.8 Å². The van der Waals surface area contributed by atoms with Crippen LogP contribution in [0.5, 0.6) is 5.75 Å². The topological polar surface area (TPSA) is 60.0 Å². The summed E-state index contributed by atoms with van der Waals surface area (Å²) in [6.07, 6.45) is 2.77. The van der Waals surface area contributed by atoms with Crippen molar-refractivity contribution < 1.29 is 13.5 Å². The third-order valence-electron chi connectivity index (χ3n) is 3.39. The number of nitrogens with zero attached hydrogens (tertiary/aromatic N) is 2. The van der Waals surface area contributed by atoms with Crippen LogP contribution < -0.4 is 10.5 Å². The fourth-order valence-electron chi connectivity index (χ4n) is 2.01. The van der Waals surface area contributed by atoms with Crippen molar-refractivity contribution in [2.75, 3.05) is 6.61 Å². The van der Waals surface area contributed by atoms with E-state index in [-0.39, 0.29) is 16.5 Å². The summed E-state index contributed by atoms with van der Waals surface area (Å²) in [7, 11) is 0. The molecule has 138 valence electrons. The van der Waals surface area contributed by atoms with Crippen LogP contribution in [0.4, 0.5) is 8.78 Å². The average Bonchev–Trinajstić information content (AvgIpc) is 2.63. The lowest BCUT2D eigenvalue weighted by Crippen LogP contribution is -2.06. The normalized spacial score (nSPS) is 11.9. The highest BCUT2D eigenvalue weighted by Crippen LogP contribution is 2.20. The minimum atomic E-state index is -0.758. The van der Waals surface area contributed by atoms with Crippen LogP contribution in [0.1, 0.15) is 30.9 Å². The molecule has 4 nitrogen and oxygen atoms in total. The predicted molar refractivity (Wildman–Crippen MR) is 104 cm³/mol. The minimum Gasteiger partial charge on any atom is -0.493 e. The number of hydrogen-bond donors (Lipinski definition) is 1. The number of halogens is 2. The van der Waals surface area contributed by atoms with Gasteiger partial charge in [0, 0.05) is 17.9 Å². The molecule has 0 heterocycles. The van der Waals surface area contributed by atoms with E-state index in [9.17, 15) is 8.78 Å². The Morgan fingerprint density at radius 1 is 1.19 bits per heavy atom. The smallest absolute Gasteiger partial charge is 0.180 e. The van der Waals surface area contributed by atoms with Gasteiger partial charge in [0.05, 0.1) is 18.4 Å². The number of ether oxygens (including phenoxy) is 1. The van der Waals surface area contributed by atoms with Gasteiger partial charge in [0.1, 0.15) is 17.4 Å². The van der Waals surface area contributed by atoms with Gasteiger partial charge in [-0.15, -0.1) is 5.10 Å². The summed E-state index contributed by atoms with van der Waals surface area (Å²) in [5.41, 5.74) is 6.56. The molecule has 0 bridgehead atoms. The summed E-state index contributed by atoms with van der Waals surface area (Å²) in [5.74, 6) is -0.720. The largest absolute Gasteiger partial charge is 0.493 e. The fourth-order valence-corrected chi connectivity index (χ4v) is 2.62. The Kier molecular flexibility index (Phi) is 8.08. The number of nitrogens with two attached hydrogens (primary N) is 1. The van der Waals surface area contributed by atoms with Gasteiger partial charge >= 0.3 is 0 Å². The zero-order valence-corrected chi connectivity index (χ0v) is 15.3. The molecule has 7 heteroatoms. The molecular formula is C19H21F2N3OS. The Morgan fingerprint density at radius 2 is 1.88 bits per heavy atom. The van der Waals surface area contributed by atoms with E-state index in [1.165, 1.54) is 11.8 Å². The standard InChI is InChI=1S/C19H21F2N3OS/c1-2-3-9-25-15-10-17(20)16(18(21)11-15)12-23-24-19(22)26-13-14-7-5-4-6-8-14/h4-8,10-12H,2-3,9,13H2,1H3,(H2,22,24). The summed E-state index contributed by atoms with van der Waals surface area (Å²) in [5, 5.41) is 7.65. The van der Waals surface area contributed by atoms with E-state index in [1.54, 1.807) is 0 Å². The summed E-state index contributed by atoms with van der Waals surface area (Å²) >= 11 is 1.29. The van der Waals surface area contributed by atoms with E-state index < -0.39 is 11.6 Å². The maximum atomic E-state index is 14.0. The zero-order valence-electron chi connectivity index (χ0n) is 14.5. The van der Waals surface area contributed by atoms with Gasteiger partial charge in [0.25, 0.3) is 0 Å². The lowest BCUT2D eigenvalue weighted by Gasteiger charge is -2.07. The molecule has 0 aliphatic carbocycles. The maximum Gasteiger partial charge on any atom is 0.180 e. The quantitative estimate of drug-likeness (QED) is 0.313. The first-order valence-corrected chi connectivity index (χ1v) is 9.23. The second-order valence-electron chi connectivity index (χ2n) is 5.46. The van der Waals surface area contributed by atoms with Gasteiger partial charge in [0.2, 0.25) is 0 Å². The van der Waals surface area contributed by atoms with E-state index >= 15 is 0 Å². The first-order chi connectivity index (χ1) is 12.6. The highest BCUT2D eigenvalue weighted by atomic mass is 32.2. The maximum absolute atomic E-state index is 14.0. The fraction of sp³-hybridized carbons (Fsp3) is 0.263. The Balaban J connectivity index is 1.96. The molecule has 0 saturated carbocycles. The lowest BCUT2D eigenvalue weighted by atomic mass is 10.2. The Bertz CT molecular complexity index is 744. The van der Waals surface area contributed by atoms with Crippen molar-refractivity contribution in [2.45, 2.75) is 25.5 Å². The van der Waals surface area contributed by atoms with Crippen LogP contribution in [0.15, 0.2) is 52.7 Å². The number of amidine groups is 1. The molecule has 0 fully saturated rings. The second-order valence-corrected chi connectivity index (χ2v) is 6.46. The molecule has 0 aromatic heterocycles. The molecule has 0 spiro atoms. The molecule has 0 saturated heterocycles. The number of hydrogen-bond acceptors (Lipinski definition) is 4. The first kappa shape index (κ1) is 19.9. The van der Waals surface area contributed by atoms with Gasteiger partial charge < -0.3 is 10.5 Å². The zero-order chi connectivity index (χ0) is 18.8. The summed E-state index contributed by atoms with van der Waals surface area (Å²) in [4.78, 5) is 0. The Hall–Kier alpha value is -2.41. The van der Waals surface area contributed by atoms with Crippen molar-refractivity contribution in [3.8, 4) is 5.75 Å². The minimum absolute atomic E-state index is 0.159. The van der Waals surface area contributed by atoms with Crippen molar-refractivity contribution in [3.05, 3.63) is 65.2 Å². The highest BCUT2D eigenvalue weighted by molar-refractivity contribution is 8.13. The molecule has 2 N–H and O–H groups in total. The second kappa shape index (κ2) is 10.6. The van der Waals surface area contributed by atoms with Crippen LogP contribution in [0.2, 0.25) is 0 Å². The van der Waals surface area contributed by atoms with Gasteiger partial charge in [-0.2, -0.15) is 5.10 Å². The molecule has 2 rings (SSSR count). The van der Waals surface area contributed by atoms with E-state index in [0.29, 0.717) is 12.4 Å². The van der Waals surface area contributed by atoms with Gasteiger partial charge in [-0.05, 0) is 12.0 Å². The van der Waals surface area contributed by atoms with Crippen molar-refractivity contribution in [1.29, 1.82) is 0 Å². The van der Waals surface area contributed by atoms with Crippen LogP contribution in [0.25, 0.3) is 0 Å². The monoisotopic (exact) mass is 377 g/mol. The molecule has 0 aliphatic rings. The van der Waals surface area contributed by atoms with Crippen LogP contribution in [-0.2, 0) is 5.75 Å². The van der Waals surface area contributed by atoms with Gasteiger partial charge in [0.15, 0.2) is 5.17 Å². The third kappa shape index (κ3) is 6.48. The molecule has 2 aromatic rings. The summed E-state index contributed by atoms with van der Waals surface area (Å²) in [6, 6.07) is 12.0. The van der Waals surface area contributed by atoms with E-state index in [0.717, 1.165) is 36.8 Å². The van der Waals surface area contributed by atoms with Crippen LogP contribution in [0, 0.1) is 11.6 Å². The molecule has 0 aliphatic heterocycles. The van der Waals surface area contributed by atoms with Crippen LogP contribution in [0.3, 0.4) is 0 Å². The Labute approximate surface area is 156 Å². The van der Waals surface area contributed by atoms with Crippen molar-refractivity contribution in [3.63, 3.8) is 0 Å². The number of benzene rings is 2. The average molecular weight is 377 g/mol.